The molecule has 1 amide bonds. The number of carbonyl (C=O) groups is 1. The van der Waals surface area contributed by atoms with Crippen molar-refractivity contribution in [1.29, 1.82) is 0 Å². The van der Waals surface area contributed by atoms with Gasteiger partial charge in [0.15, 0.2) is 5.79 Å². The molecule has 2 fully saturated rings. The van der Waals surface area contributed by atoms with Crippen LogP contribution < -0.4 is 5.32 Å². The van der Waals surface area contributed by atoms with Crippen molar-refractivity contribution in [3.05, 3.63) is 35.4 Å². The van der Waals surface area contributed by atoms with E-state index in [0.29, 0.717) is 13.2 Å². The Kier molecular flexibility index (Phi) is 2.29. The Morgan fingerprint density at radius 3 is 2.42 bits per heavy atom. The van der Waals surface area contributed by atoms with Gasteiger partial charge in [0, 0.05) is 18.4 Å². The fourth-order valence-electron chi connectivity index (χ4n) is 3.69. The molecule has 0 unspecified atom stereocenters. The number of hydrogen-bond acceptors (Lipinski definition) is 3. The van der Waals surface area contributed by atoms with Gasteiger partial charge in [0.05, 0.1) is 18.8 Å². The van der Waals surface area contributed by atoms with Crippen LogP contribution in [0.4, 0.5) is 0 Å². The fraction of sp³-hybridized carbons (Fsp3) is 0.533. The predicted octanol–water partition coefficient (Wildman–Crippen LogP) is 1.94. The Bertz CT molecular complexity index is 524. The molecule has 2 heterocycles. The minimum atomic E-state index is -0.381. The van der Waals surface area contributed by atoms with Gasteiger partial charge in [-0.3, -0.25) is 4.79 Å². The van der Waals surface area contributed by atoms with Crippen LogP contribution in [0.15, 0.2) is 24.3 Å². The molecule has 1 aliphatic carbocycles. The number of fused-ring (bicyclic) bond motifs is 2. The average Bonchev–Trinajstić information content (AvgIpc) is 3.00. The molecule has 100 valence electrons. The molecule has 0 bridgehead atoms. The second-order valence-electron chi connectivity index (χ2n) is 5.69. The third-order valence-corrected chi connectivity index (χ3v) is 4.72. The summed E-state index contributed by atoms with van der Waals surface area (Å²) in [4.78, 5) is 12.1. The highest BCUT2D eigenvalue weighted by molar-refractivity contribution is 6.00. The maximum absolute atomic E-state index is 12.1. The number of rotatable bonds is 0. The van der Waals surface area contributed by atoms with E-state index in [1.54, 1.807) is 0 Å². The number of nitrogens with one attached hydrogen (secondary N) is 1. The summed E-state index contributed by atoms with van der Waals surface area (Å²) in [6.07, 6.45) is 3.47. The van der Waals surface area contributed by atoms with Gasteiger partial charge in [-0.25, -0.2) is 0 Å². The number of carbonyl (C=O) groups excluding carboxylic acids is 1. The lowest BCUT2D eigenvalue weighted by molar-refractivity contribution is -0.186. The lowest BCUT2D eigenvalue weighted by atomic mass is 9.75. The summed E-state index contributed by atoms with van der Waals surface area (Å²) in [6.45, 7) is 1.38. The van der Waals surface area contributed by atoms with Crippen molar-refractivity contribution in [3.63, 3.8) is 0 Å². The first-order valence-corrected chi connectivity index (χ1v) is 6.93. The maximum Gasteiger partial charge on any atom is 0.252 e. The van der Waals surface area contributed by atoms with Crippen LogP contribution in [-0.4, -0.2) is 24.9 Å². The van der Waals surface area contributed by atoms with Crippen LogP contribution in [0, 0.1) is 0 Å². The minimum Gasteiger partial charge on any atom is -0.348 e. The van der Waals surface area contributed by atoms with Crippen molar-refractivity contribution in [2.45, 2.75) is 37.0 Å². The molecule has 1 N–H and O–H groups in total. The molecule has 0 radical (unpaired) electrons. The Hall–Kier alpha value is -1.39. The quantitative estimate of drug-likeness (QED) is 0.774. The summed E-state index contributed by atoms with van der Waals surface area (Å²) >= 11 is 0. The lowest BCUT2D eigenvalue weighted by Gasteiger charge is -2.42. The van der Waals surface area contributed by atoms with E-state index in [2.05, 4.69) is 11.4 Å². The van der Waals surface area contributed by atoms with Crippen LogP contribution in [0.2, 0.25) is 0 Å². The number of ether oxygens (including phenoxy) is 2. The monoisotopic (exact) mass is 259 g/mol. The maximum atomic E-state index is 12.1. The van der Waals surface area contributed by atoms with Crippen molar-refractivity contribution < 1.29 is 14.3 Å². The molecule has 0 aromatic heterocycles. The van der Waals surface area contributed by atoms with E-state index in [4.69, 9.17) is 9.47 Å². The minimum absolute atomic E-state index is 0.0554. The highest BCUT2D eigenvalue weighted by Crippen LogP contribution is 2.47. The molecule has 1 saturated carbocycles. The summed E-state index contributed by atoms with van der Waals surface area (Å²) in [5.41, 5.74) is 1.77. The molecule has 0 atom stereocenters. The largest absolute Gasteiger partial charge is 0.348 e. The highest BCUT2D eigenvalue weighted by Gasteiger charge is 2.50. The normalized spacial score (nSPS) is 26.6. The Morgan fingerprint density at radius 1 is 1.00 bits per heavy atom. The van der Waals surface area contributed by atoms with Crippen molar-refractivity contribution in [2.24, 2.45) is 0 Å². The molecule has 4 nitrogen and oxygen atoms in total. The molecule has 1 aromatic rings. The van der Waals surface area contributed by atoms with Crippen LogP contribution in [-0.2, 0) is 15.0 Å². The molecule has 2 aliphatic heterocycles. The van der Waals surface area contributed by atoms with Gasteiger partial charge >= 0.3 is 0 Å². The van der Waals surface area contributed by atoms with Crippen molar-refractivity contribution in [2.75, 3.05) is 13.2 Å². The van der Waals surface area contributed by atoms with Gasteiger partial charge in [-0.15, -0.1) is 0 Å². The van der Waals surface area contributed by atoms with Gasteiger partial charge in [0.1, 0.15) is 0 Å². The fourth-order valence-corrected chi connectivity index (χ4v) is 3.69. The summed E-state index contributed by atoms with van der Waals surface area (Å²) < 4.78 is 11.5. The Labute approximate surface area is 112 Å². The first-order valence-electron chi connectivity index (χ1n) is 6.93. The topological polar surface area (TPSA) is 47.6 Å². The van der Waals surface area contributed by atoms with Gasteiger partial charge in [0.2, 0.25) is 0 Å². The summed E-state index contributed by atoms with van der Waals surface area (Å²) in [5.74, 6) is -0.326. The lowest BCUT2D eigenvalue weighted by Crippen LogP contribution is -2.48. The molecule has 1 aromatic carbocycles. The van der Waals surface area contributed by atoms with Gasteiger partial charge in [-0.1, -0.05) is 18.2 Å². The first-order chi connectivity index (χ1) is 9.23. The third-order valence-electron chi connectivity index (χ3n) is 4.72. The standard InChI is InChI=1S/C15H17NO3/c17-13-11-3-1-2-4-12(11)14(16-13)5-7-15(8-6-14)18-9-10-19-15/h1-4H,5-10H2,(H,16,17). The van der Waals surface area contributed by atoms with Crippen molar-refractivity contribution in [1.82, 2.24) is 5.32 Å². The van der Waals surface area contributed by atoms with E-state index in [1.807, 2.05) is 18.2 Å². The zero-order valence-electron chi connectivity index (χ0n) is 10.8. The smallest absolute Gasteiger partial charge is 0.252 e. The summed E-state index contributed by atoms with van der Waals surface area (Å²) in [5, 5.41) is 3.19. The third kappa shape index (κ3) is 1.56. The van der Waals surface area contributed by atoms with E-state index < -0.39 is 0 Å². The Morgan fingerprint density at radius 2 is 1.68 bits per heavy atom. The molecular weight excluding hydrogens is 242 g/mol. The number of benzene rings is 1. The molecule has 3 aliphatic rings. The van der Waals surface area contributed by atoms with E-state index in [0.717, 1.165) is 36.8 Å². The van der Waals surface area contributed by atoms with Crippen molar-refractivity contribution >= 4 is 5.91 Å². The average molecular weight is 259 g/mol. The Balaban J connectivity index is 1.65. The molecule has 19 heavy (non-hydrogen) atoms. The molecule has 4 heteroatoms. The van der Waals surface area contributed by atoms with E-state index in [9.17, 15) is 4.79 Å². The van der Waals surface area contributed by atoms with E-state index >= 15 is 0 Å². The first kappa shape index (κ1) is 11.4. The van der Waals surface area contributed by atoms with Crippen LogP contribution in [0.3, 0.4) is 0 Å². The van der Waals surface area contributed by atoms with E-state index in [1.165, 1.54) is 0 Å². The molecule has 1 saturated heterocycles. The highest BCUT2D eigenvalue weighted by atomic mass is 16.7. The zero-order chi connectivity index (χ0) is 12.9. The second kappa shape index (κ2) is 3.81. The van der Waals surface area contributed by atoms with E-state index in [-0.39, 0.29) is 17.2 Å². The number of hydrogen-bond donors (Lipinski definition) is 1. The van der Waals surface area contributed by atoms with Gasteiger partial charge in [0.25, 0.3) is 5.91 Å². The van der Waals surface area contributed by atoms with Crippen LogP contribution in [0.5, 0.6) is 0 Å². The summed E-state index contributed by atoms with van der Waals surface area (Å²) in [7, 11) is 0. The number of amides is 1. The van der Waals surface area contributed by atoms with Gasteiger partial charge < -0.3 is 14.8 Å². The van der Waals surface area contributed by atoms with Crippen LogP contribution >= 0.6 is 0 Å². The van der Waals surface area contributed by atoms with Gasteiger partial charge in [-0.05, 0) is 24.5 Å². The zero-order valence-corrected chi connectivity index (χ0v) is 10.8. The molecular formula is C15H17NO3. The summed E-state index contributed by atoms with van der Waals surface area (Å²) in [6, 6.07) is 7.91. The van der Waals surface area contributed by atoms with Crippen LogP contribution in [0.1, 0.15) is 41.6 Å². The van der Waals surface area contributed by atoms with Crippen molar-refractivity contribution in [3.8, 4) is 0 Å². The molecule has 2 spiro atoms. The molecule has 4 rings (SSSR count). The van der Waals surface area contributed by atoms with Crippen LogP contribution in [0.25, 0.3) is 0 Å². The SMILES string of the molecule is O=C1NC2(CCC3(CC2)OCCO3)c2ccccc21. The second-order valence-corrected chi connectivity index (χ2v) is 5.69. The van der Waals surface area contributed by atoms with Gasteiger partial charge in [-0.2, -0.15) is 0 Å². The predicted molar refractivity (Wildman–Crippen MR) is 68.7 cm³/mol.